The molecule has 0 aliphatic heterocycles. The highest BCUT2D eigenvalue weighted by atomic mass is 127. The number of nitrogens with zero attached hydrogens (tertiary/aromatic N) is 1. The van der Waals surface area contributed by atoms with Crippen molar-refractivity contribution in [3.05, 3.63) is 29.8 Å². The normalized spacial score (nSPS) is 10.8. The Morgan fingerprint density at radius 1 is 1.09 bits per heavy atom. The van der Waals surface area contributed by atoms with E-state index in [0.29, 0.717) is 26.4 Å². The molecule has 0 saturated heterocycles. The Bertz CT molecular complexity index is 444. The first-order valence-electron chi connectivity index (χ1n) is 7.44. The van der Waals surface area contributed by atoms with Crippen molar-refractivity contribution in [1.29, 1.82) is 0 Å². The monoisotopic (exact) mass is 437 g/mol. The molecule has 0 spiro atoms. The maximum atomic E-state index is 5.69. The molecule has 1 rings (SSSR count). The van der Waals surface area contributed by atoms with Gasteiger partial charge in [-0.25, -0.2) is 0 Å². The molecule has 1 aromatic carbocycles. The van der Waals surface area contributed by atoms with E-state index >= 15 is 0 Å². The van der Waals surface area contributed by atoms with Crippen LogP contribution in [0.5, 0.6) is 5.75 Å². The summed E-state index contributed by atoms with van der Waals surface area (Å²) in [6.07, 6.45) is 0.884. The fourth-order valence-corrected chi connectivity index (χ4v) is 1.82. The molecule has 0 aliphatic rings. The summed E-state index contributed by atoms with van der Waals surface area (Å²) < 4.78 is 15.7. The summed E-state index contributed by atoms with van der Waals surface area (Å²) in [5.74, 6) is 1.63. The molecule has 0 heterocycles. The Morgan fingerprint density at radius 3 is 2.57 bits per heavy atom. The molecule has 0 amide bonds. The first-order valence-corrected chi connectivity index (χ1v) is 7.44. The average Bonchev–Trinajstić information content (AvgIpc) is 2.55. The number of benzene rings is 1. The van der Waals surface area contributed by atoms with E-state index < -0.39 is 0 Å². The maximum Gasteiger partial charge on any atom is 0.191 e. The van der Waals surface area contributed by atoms with Gasteiger partial charge in [0.05, 0.1) is 13.2 Å². The van der Waals surface area contributed by atoms with Gasteiger partial charge < -0.3 is 24.8 Å². The lowest BCUT2D eigenvalue weighted by Gasteiger charge is -2.12. The summed E-state index contributed by atoms with van der Waals surface area (Å²) in [4.78, 5) is 4.16. The van der Waals surface area contributed by atoms with Gasteiger partial charge in [0.2, 0.25) is 0 Å². The third kappa shape index (κ3) is 10.4. The van der Waals surface area contributed by atoms with Crippen molar-refractivity contribution in [3.63, 3.8) is 0 Å². The van der Waals surface area contributed by atoms with E-state index in [-0.39, 0.29) is 24.0 Å². The molecule has 0 bridgehead atoms. The zero-order chi connectivity index (χ0) is 16.0. The predicted octanol–water partition coefficient (Wildman–Crippen LogP) is 2.03. The summed E-state index contributed by atoms with van der Waals surface area (Å²) >= 11 is 0. The Hall–Kier alpha value is -1.06. The van der Waals surface area contributed by atoms with Crippen molar-refractivity contribution in [3.8, 4) is 5.75 Å². The van der Waals surface area contributed by atoms with Crippen LogP contribution in [0.4, 0.5) is 0 Å². The van der Waals surface area contributed by atoms with Crippen molar-refractivity contribution >= 4 is 29.9 Å². The van der Waals surface area contributed by atoms with Crippen molar-refractivity contribution in [2.24, 2.45) is 4.99 Å². The predicted molar refractivity (Wildman–Crippen MR) is 104 cm³/mol. The third-order valence-electron chi connectivity index (χ3n) is 2.94. The topological polar surface area (TPSA) is 64.1 Å². The summed E-state index contributed by atoms with van der Waals surface area (Å²) in [7, 11) is 5.12. The fraction of sp³-hybridized carbons (Fsp3) is 0.562. The molecular weight excluding hydrogens is 409 g/mol. The largest absolute Gasteiger partial charge is 0.493 e. The number of hydrogen-bond acceptors (Lipinski definition) is 4. The lowest BCUT2D eigenvalue weighted by atomic mass is 10.2. The highest BCUT2D eigenvalue weighted by Gasteiger charge is 2.00. The molecule has 0 aliphatic carbocycles. The second kappa shape index (κ2) is 14.5. The fourth-order valence-electron chi connectivity index (χ4n) is 1.82. The minimum Gasteiger partial charge on any atom is -0.493 e. The van der Waals surface area contributed by atoms with E-state index in [9.17, 15) is 0 Å². The number of aliphatic imine (C=N–C) groups is 1. The van der Waals surface area contributed by atoms with Crippen LogP contribution in [0.15, 0.2) is 29.3 Å². The summed E-state index contributed by atoms with van der Waals surface area (Å²) in [5.41, 5.74) is 1.14. The standard InChI is InChI=1S/C16H27N3O3.HI/c1-17-16(18-8-11-21-3)19-13-14-6-4-7-15(12-14)22-10-5-9-20-2;/h4,6-7,12H,5,8-11,13H2,1-3H3,(H2,17,18,19);1H. The number of hydrogen-bond donors (Lipinski definition) is 2. The smallest absolute Gasteiger partial charge is 0.191 e. The first kappa shape index (κ1) is 21.9. The zero-order valence-corrected chi connectivity index (χ0v) is 16.5. The van der Waals surface area contributed by atoms with Gasteiger partial charge in [-0.3, -0.25) is 4.99 Å². The molecule has 0 fully saturated rings. The molecule has 6 nitrogen and oxygen atoms in total. The van der Waals surface area contributed by atoms with Crippen molar-refractivity contribution in [2.75, 3.05) is 47.6 Å². The number of nitrogens with one attached hydrogen (secondary N) is 2. The van der Waals surface area contributed by atoms with Gasteiger partial charge in [0.15, 0.2) is 5.96 Å². The SMILES string of the molecule is CN=C(NCCOC)NCc1cccc(OCCCOC)c1.I. The van der Waals surface area contributed by atoms with Crippen molar-refractivity contribution < 1.29 is 14.2 Å². The van der Waals surface area contributed by atoms with Gasteiger partial charge in [-0.05, 0) is 17.7 Å². The molecule has 132 valence electrons. The van der Waals surface area contributed by atoms with Gasteiger partial charge in [-0.15, -0.1) is 24.0 Å². The van der Waals surface area contributed by atoms with Gasteiger partial charge in [0, 0.05) is 47.4 Å². The molecule has 0 saturated carbocycles. The van der Waals surface area contributed by atoms with Gasteiger partial charge in [0.1, 0.15) is 5.75 Å². The third-order valence-corrected chi connectivity index (χ3v) is 2.94. The Balaban J connectivity index is 0.00000484. The highest BCUT2D eigenvalue weighted by Crippen LogP contribution is 2.13. The Kier molecular flexibility index (Phi) is 13.9. The Labute approximate surface area is 156 Å². The molecule has 23 heavy (non-hydrogen) atoms. The maximum absolute atomic E-state index is 5.69. The van der Waals surface area contributed by atoms with Crippen LogP contribution in [0, 0.1) is 0 Å². The van der Waals surface area contributed by atoms with Crippen LogP contribution in [-0.2, 0) is 16.0 Å². The Morgan fingerprint density at radius 2 is 1.87 bits per heavy atom. The zero-order valence-electron chi connectivity index (χ0n) is 14.1. The van der Waals surface area contributed by atoms with Crippen LogP contribution < -0.4 is 15.4 Å². The lowest BCUT2D eigenvalue weighted by molar-refractivity contribution is 0.172. The molecule has 0 atom stereocenters. The molecule has 1 aromatic rings. The van der Waals surface area contributed by atoms with E-state index in [1.807, 2.05) is 18.2 Å². The number of rotatable bonds is 10. The molecule has 2 N–H and O–H groups in total. The molecule has 0 unspecified atom stereocenters. The molecule has 7 heteroatoms. The van der Waals surface area contributed by atoms with Gasteiger partial charge in [-0.2, -0.15) is 0 Å². The minimum absolute atomic E-state index is 0. The van der Waals surface area contributed by atoms with E-state index in [0.717, 1.165) is 30.2 Å². The number of methoxy groups -OCH3 is 2. The molecule has 0 radical (unpaired) electrons. The van der Waals surface area contributed by atoms with Gasteiger partial charge in [-0.1, -0.05) is 12.1 Å². The van der Waals surface area contributed by atoms with Gasteiger partial charge >= 0.3 is 0 Å². The number of halogens is 1. The van der Waals surface area contributed by atoms with E-state index in [1.54, 1.807) is 21.3 Å². The first-order chi connectivity index (χ1) is 10.8. The van der Waals surface area contributed by atoms with Crippen molar-refractivity contribution in [1.82, 2.24) is 10.6 Å². The van der Waals surface area contributed by atoms with E-state index in [4.69, 9.17) is 14.2 Å². The molecule has 0 aromatic heterocycles. The quantitative estimate of drug-likeness (QED) is 0.254. The summed E-state index contributed by atoms with van der Waals surface area (Å²) in [5, 5.41) is 6.43. The van der Waals surface area contributed by atoms with E-state index in [2.05, 4.69) is 21.7 Å². The summed E-state index contributed by atoms with van der Waals surface area (Å²) in [6.45, 7) is 3.42. The number of ether oxygens (including phenoxy) is 3. The number of guanidine groups is 1. The van der Waals surface area contributed by atoms with Crippen LogP contribution in [0.1, 0.15) is 12.0 Å². The average molecular weight is 437 g/mol. The second-order valence-electron chi connectivity index (χ2n) is 4.69. The van der Waals surface area contributed by atoms with Crippen LogP contribution in [0.25, 0.3) is 0 Å². The van der Waals surface area contributed by atoms with Gasteiger partial charge in [0.25, 0.3) is 0 Å². The van der Waals surface area contributed by atoms with Crippen molar-refractivity contribution in [2.45, 2.75) is 13.0 Å². The van der Waals surface area contributed by atoms with Crippen LogP contribution >= 0.6 is 24.0 Å². The van der Waals surface area contributed by atoms with E-state index in [1.165, 1.54) is 0 Å². The second-order valence-corrected chi connectivity index (χ2v) is 4.69. The van der Waals surface area contributed by atoms with Crippen LogP contribution in [0.3, 0.4) is 0 Å². The van der Waals surface area contributed by atoms with Crippen LogP contribution in [-0.4, -0.2) is 53.6 Å². The summed E-state index contributed by atoms with van der Waals surface area (Å²) in [6, 6.07) is 8.03. The highest BCUT2D eigenvalue weighted by molar-refractivity contribution is 14.0. The van der Waals surface area contributed by atoms with Crippen LogP contribution in [0.2, 0.25) is 0 Å². The minimum atomic E-state index is 0. The lowest BCUT2D eigenvalue weighted by Crippen LogP contribution is -2.38. The molecular formula is C16H28IN3O3.